The molecule has 1 spiro atoms. The molecule has 3 amide bonds. The van der Waals surface area contributed by atoms with Gasteiger partial charge in [0.05, 0.1) is 23.2 Å². The quantitative estimate of drug-likeness (QED) is 0.146. The molecule has 6 atom stereocenters. The summed E-state index contributed by atoms with van der Waals surface area (Å²) in [6.45, 7) is 11.7. The molecule has 3 unspecified atom stereocenters. The average molecular weight is 703 g/mol. The van der Waals surface area contributed by atoms with Gasteiger partial charge in [-0.1, -0.05) is 47.3 Å². The first-order valence-electron chi connectivity index (χ1n) is 16.6. The Labute approximate surface area is 280 Å². The number of aliphatic hydroxyl groups excluding tert-OH is 1. The molecule has 4 aliphatic rings. The lowest BCUT2D eigenvalue weighted by Crippen LogP contribution is -2.57. The van der Waals surface area contributed by atoms with Crippen molar-refractivity contribution in [3.8, 4) is 5.75 Å². The first-order valence-corrected chi connectivity index (χ1v) is 18.4. The molecule has 8 nitrogen and oxygen atoms in total. The van der Waals surface area contributed by atoms with Crippen molar-refractivity contribution in [3.05, 3.63) is 49.6 Å². The zero-order chi connectivity index (χ0) is 32.1. The van der Waals surface area contributed by atoms with E-state index in [1.807, 2.05) is 41.0 Å². The van der Waals surface area contributed by atoms with Crippen molar-refractivity contribution in [2.45, 2.75) is 91.6 Å². The van der Waals surface area contributed by atoms with Crippen LogP contribution in [-0.2, 0) is 14.4 Å². The molecule has 10 heteroatoms. The highest BCUT2D eigenvalue weighted by Gasteiger charge is 2.76. The van der Waals surface area contributed by atoms with Gasteiger partial charge in [0, 0.05) is 48.0 Å². The summed E-state index contributed by atoms with van der Waals surface area (Å²) in [6, 6.07) is 6.96. The number of likely N-dealkylation sites (tertiary alicyclic amines) is 1. The van der Waals surface area contributed by atoms with E-state index in [0.717, 1.165) is 43.5 Å². The largest absolute Gasteiger partial charge is 0.494 e. The van der Waals surface area contributed by atoms with E-state index >= 15 is 0 Å². The van der Waals surface area contributed by atoms with Crippen LogP contribution in [0.3, 0.4) is 0 Å². The number of rotatable bonds is 15. The van der Waals surface area contributed by atoms with Crippen molar-refractivity contribution in [1.29, 1.82) is 0 Å². The molecule has 3 saturated heterocycles. The molecule has 1 N–H and O–H groups in total. The Morgan fingerprint density at radius 3 is 2.44 bits per heavy atom. The Balaban J connectivity index is 1.51. The molecule has 0 radical (unpaired) electrons. The smallest absolute Gasteiger partial charge is 0.247 e. The van der Waals surface area contributed by atoms with Gasteiger partial charge >= 0.3 is 0 Å². The van der Waals surface area contributed by atoms with Gasteiger partial charge < -0.3 is 24.5 Å². The number of ether oxygens (including phenoxy) is 1. The predicted molar refractivity (Wildman–Crippen MR) is 184 cm³/mol. The van der Waals surface area contributed by atoms with Crippen molar-refractivity contribution in [2.75, 3.05) is 37.7 Å². The molecule has 1 aliphatic carbocycles. The van der Waals surface area contributed by atoms with Crippen LogP contribution in [0.4, 0.5) is 5.69 Å². The molecule has 2 bridgehead atoms. The van der Waals surface area contributed by atoms with Crippen LogP contribution in [0.1, 0.15) is 64.7 Å². The van der Waals surface area contributed by atoms with Crippen LogP contribution in [0.5, 0.6) is 5.75 Å². The second-order valence-electron chi connectivity index (χ2n) is 12.7. The molecule has 3 heterocycles. The van der Waals surface area contributed by atoms with Crippen molar-refractivity contribution >= 4 is 51.1 Å². The van der Waals surface area contributed by atoms with Gasteiger partial charge in [-0.05, 0) is 69.7 Å². The van der Waals surface area contributed by atoms with E-state index in [4.69, 9.17) is 4.74 Å². The number of carbonyl (C=O) groups excluding carboxylic acids is 3. The third-order valence-corrected chi connectivity index (χ3v) is 13.2. The maximum absolute atomic E-state index is 14.8. The van der Waals surface area contributed by atoms with E-state index < -0.39 is 22.6 Å². The lowest BCUT2D eigenvalue weighted by atomic mass is 9.70. The van der Waals surface area contributed by atoms with Crippen molar-refractivity contribution in [1.82, 2.24) is 9.80 Å². The minimum Gasteiger partial charge on any atom is -0.494 e. The number of hydrogen-bond donors (Lipinski definition) is 1. The second-order valence-corrected chi connectivity index (χ2v) is 15.4. The van der Waals surface area contributed by atoms with Gasteiger partial charge in [-0.15, -0.1) is 24.9 Å². The first kappa shape index (κ1) is 34.0. The summed E-state index contributed by atoms with van der Waals surface area (Å²) >= 11 is 5.60. The number of halogens is 1. The number of carbonyl (C=O) groups is 3. The first-order chi connectivity index (χ1) is 21.8. The lowest BCUT2D eigenvalue weighted by molar-refractivity contribution is -0.144. The molecular weight excluding hydrogens is 654 g/mol. The van der Waals surface area contributed by atoms with Crippen LogP contribution in [0.25, 0.3) is 0 Å². The summed E-state index contributed by atoms with van der Waals surface area (Å²) < 4.78 is 4.92. The second kappa shape index (κ2) is 15.1. The van der Waals surface area contributed by atoms with E-state index in [0.29, 0.717) is 45.5 Å². The molecule has 246 valence electrons. The average Bonchev–Trinajstić information content (AvgIpc) is 3.64. The van der Waals surface area contributed by atoms with Gasteiger partial charge in [0.2, 0.25) is 17.7 Å². The van der Waals surface area contributed by atoms with E-state index in [9.17, 15) is 19.5 Å². The number of thioether (sulfide) groups is 1. The number of benzene rings is 1. The van der Waals surface area contributed by atoms with Crippen LogP contribution in [-0.4, -0.2) is 92.4 Å². The minimum absolute atomic E-state index is 0.00131. The molecular formula is C35H48BrN3O5S. The van der Waals surface area contributed by atoms with Gasteiger partial charge in [0.25, 0.3) is 0 Å². The molecule has 3 aliphatic heterocycles. The van der Waals surface area contributed by atoms with E-state index in [1.165, 1.54) is 6.42 Å². The maximum Gasteiger partial charge on any atom is 0.247 e. The number of aliphatic hydroxyl groups is 1. The number of alkyl halides is 1. The van der Waals surface area contributed by atoms with Gasteiger partial charge in [-0.2, -0.15) is 0 Å². The molecule has 4 fully saturated rings. The molecule has 5 rings (SSSR count). The molecule has 45 heavy (non-hydrogen) atoms. The molecule has 1 aromatic carbocycles. The Hall–Kier alpha value is -2.30. The van der Waals surface area contributed by atoms with Crippen LogP contribution < -0.4 is 9.64 Å². The number of anilines is 1. The number of hydrogen-bond acceptors (Lipinski definition) is 6. The zero-order valence-corrected chi connectivity index (χ0v) is 28.9. The Morgan fingerprint density at radius 2 is 1.80 bits per heavy atom. The van der Waals surface area contributed by atoms with Gasteiger partial charge in [0.1, 0.15) is 11.8 Å². The summed E-state index contributed by atoms with van der Waals surface area (Å²) in [4.78, 5) is 49.6. The third-order valence-electron chi connectivity index (χ3n) is 10.0. The SMILES string of the molecule is C=CCN(C(=O)[C@H]1[C@@H]2SC3(CC2Br)C(C(=O)N(CC=C)C2CCCCC2)N(CCCCCO)C(=O)[C@H]13)c1ccc(OCC)cc1. The fourth-order valence-corrected chi connectivity index (χ4v) is 11.7. The summed E-state index contributed by atoms with van der Waals surface area (Å²) in [5.74, 6) is -0.634. The minimum atomic E-state index is -0.697. The Morgan fingerprint density at radius 1 is 1.09 bits per heavy atom. The van der Waals surface area contributed by atoms with Gasteiger partial charge in [-0.25, -0.2) is 0 Å². The molecule has 1 saturated carbocycles. The fraction of sp³-hybridized carbons (Fsp3) is 0.629. The lowest BCUT2D eigenvalue weighted by Gasteiger charge is -2.41. The predicted octanol–water partition coefficient (Wildman–Crippen LogP) is 5.58. The topological polar surface area (TPSA) is 90.4 Å². The van der Waals surface area contributed by atoms with Gasteiger partial charge in [-0.3, -0.25) is 14.4 Å². The highest BCUT2D eigenvalue weighted by molar-refractivity contribution is 9.09. The Bertz CT molecular complexity index is 1240. The Kier molecular flexibility index (Phi) is 11.4. The zero-order valence-electron chi connectivity index (χ0n) is 26.4. The highest BCUT2D eigenvalue weighted by Crippen LogP contribution is 2.68. The monoisotopic (exact) mass is 701 g/mol. The standard InChI is InChI=1S/C35H48BrN3O5S/c1-4-19-37(25-15-17-26(18-16-25)44-6-3)32(41)28-29-33(42)39(21-11-8-12-22-40)31(35(29)23-27(36)30(28)45-35)34(43)38(20-5-2)24-13-9-7-10-14-24/h4-5,15-18,24,27-31,40H,1-2,6-14,19-23H2,3H3/t27?,28-,29+,30-,31?,35?/m1/s1. The van der Waals surface area contributed by atoms with Crippen LogP contribution in [0.2, 0.25) is 0 Å². The summed E-state index contributed by atoms with van der Waals surface area (Å²) in [7, 11) is 0. The maximum atomic E-state index is 14.8. The number of amides is 3. The molecule has 0 aromatic heterocycles. The van der Waals surface area contributed by atoms with Crippen molar-refractivity contribution in [2.24, 2.45) is 11.8 Å². The van der Waals surface area contributed by atoms with E-state index in [1.54, 1.807) is 28.8 Å². The number of fused-ring (bicyclic) bond motifs is 1. The number of nitrogens with zero attached hydrogens (tertiary/aromatic N) is 3. The van der Waals surface area contributed by atoms with Gasteiger partial charge in [0.15, 0.2) is 0 Å². The van der Waals surface area contributed by atoms with Crippen molar-refractivity contribution in [3.63, 3.8) is 0 Å². The van der Waals surface area contributed by atoms with Crippen molar-refractivity contribution < 1.29 is 24.2 Å². The summed E-state index contributed by atoms with van der Waals surface area (Å²) in [5, 5.41) is 9.25. The normalized spacial score (nSPS) is 29.0. The van der Waals surface area contributed by atoms with E-state index in [2.05, 4.69) is 29.1 Å². The summed E-state index contributed by atoms with van der Waals surface area (Å²) in [5.41, 5.74) is 0.727. The third kappa shape index (κ3) is 6.48. The summed E-state index contributed by atoms with van der Waals surface area (Å²) in [6.07, 6.45) is 11.6. The van der Waals surface area contributed by atoms with E-state index in [-0.39, 0.29) is 40.4 Å². The van der Waals surface area contributed by atoms with Crippen LogP contribution in [0.15, 0.2) is 49.6 Å². The number of unbranched alkanes of at least 4 members (excludes halogenated alkanes) is 2. The van der Waals surface area contributed by atoms with Crippen LogP contribution in [0, 0.1) is 11.8 Å². The fourth-order valence-electron chi connectivity index (χ4n) is 8.13. The highest BCUT2D eigenvalue weighted by atomic mass is 79.9. The van der Waals surface area contributed by atoms with Crippen LogP contribution >= 0.6 is 27.7 Å². The molecule has 1 aromatic rings.